The SMILES string of the molecule is COCCNC(=NCc1nnc(C)n1C)N1CCCC2(CCCCCC2)C1. The van der Waals surface area contributed by atoms with Gasteiger partial charge in [-0.2, -0.15) is 0 Å². The number of aryl methyl sites for hydroxylation is 1. The maximum Gasteiger partial charge on any atom is 0.194 e. The highest BCUT2D eigenvalue weighted by Crippen LogP contribution is 2.42. The minimum atomic E-state index is 0.486. The second-order valence-electron chi connectivity index (χ2n) is 8.22. The summed E-state index contributed by atoms with van der Waals surface area (Å²) in [6.45, 7) is 6.19. The molecule has 1 saturated heterocycles. The second kappa shape index (κ2) is 9.53. The highest BCUT2D eigenvalue weighted by atomic mass is 16.5. The van der Waals surface area contributed by atoms with Gasteiger partial charge in [0.15, 0.2) is 11.8 Å². The van der Waals surface area contributed by atoms with E-state index in [2.05, 4.69) is 20.4 Å². The first kappa shape index (κ1) is 20.1. The second-order valence-corrected chi connectivity index (χ2v) is 8.22. The quantitative estimate of drug-likeness (QED) is 0.486. The molecule has 1 aliphatic heterocycles. The molecule has 0 amide bonds. The van der Waals surface area contributed by atoms with Gasteiger partial charge in [-0.05, 0) is 38.0 Å². The summed E-state index contributed by atoms with van der Waals surface area (Å²) < 4.78 is 7.24. The van der Waals surface area contributed by atoms with E-state index in [9.17, 15) is 0 Å². The Hall–Kier alpha value is -1.63. The molecule has 3 rings (SSSR count). The number of guanidine groups is 1. The van der Waals surface area contributed by atoms with Crippen LogP contribution in [0.25, 0.3) is 0 Å². The summed E-state index contributed by atoms with van der Waals surface area (Å²) in [6, 6.07) is 0. The molecule has 0 radical (unpaired) electrons. The lowest BCUT2D eigenvalue weighted by Gasteiger charge is -2.44. The van der Waals surface area contributed by atoms with Crippen LogP contribution in [0, 0.1) is 12.3 Å². The first-order valence-corrected chi connectivity index (χ1v) is 10.5. The van der Waals surface area contributed by atoms with Crippen molar-refractivity contribution in [2.24, 2.45) is 17.5 Å². The topological polar surface area (TPSA) is 67.6 Å². The highest BCUT2D eigenvalue weighted by Gasteiger charge is 2.36. The minimum Gasteiger partial charge on any atom is -0.383 e. The molecule has 27 heavy (non-hydrogen) atoms. The monoisotopic (exact) mass is 376 g/mol. The van der Waals surface area contributed by atoms with Gasteiger partial charge in [0.1, 0.15) is 12.4 Å². The zero-order chi connectivity index (χ0) is 19.1. The summed E-state index contributed by atoms with van der Waals surface area (Å²) in [7, 11) is 3.74. The molecule has 152 valence electrons. The molecule has 1 N–H and O–H groups in total. The maximum absolute atomic E-state index is 5.23. The number of rotatable bonds is 5. The van der Waals surface area contributed by atoms with Gasteiger partial charge in [0.25, 0.3) is 0 Å². The smallest absolute Gasteiger partial charge is 0.194 e. The number of nitrogens with one attached hydrogen (secondary N) is 1. The third-order valence-electron chi connectivity index (χ3n) is 6.27. The lowest BCUT2D eigenvalue weighted by molar-refractivity contribution is 0.114. The first-order chi connectivity index (χ1) is 13.1. The highest BCUT2D eigenvalue weighted by molar-refractivity contribution is 5.80. The van der Waals surface area contributed by atoms with E-state index >= 15 is 0 Å². The van der Waals surface area contributed by atoms with Crippen molar-refractivity contribution < 1.29 is 4.74 Å². The van der Waals surface area contributed by atoms with E-state index in [1.807, 2.05) is 18.5 Å². The van der Waals surface area contributed by atoms with Crippen LogP contribution in [0.5, 0.6) is 0 Å². The van der Waals surface area contributed by atoms with Crippen LogP contribution >= 0.6 is 0 Å². The Balaban J connectivity index is 1.72. The minimum absolute atomic E-state index is 0.486. The average molecular weight is 377 g/mol. The largest absolute Gasteiger partial charge is 0.383 e. The molecule has 7 heteroatoms. The van der Waals surface area contributed by atoms with Gasteiger partial charge in [0.2, 0.25) is 0 Å². The van der Waals surface area contributed by atoms with Gasteiger partial charge in [-0.15, -0.1) is 10.2 Å². The Morgan fingerprint density at radius 2 is 1.89 bits per heavy atom. The zero-order valence-corrected chi connectivity index (χ0v) is 17.3. The first-order valence-electron chi connectivity index (χ1n) is 10.5. The molecule has 1 spiro atoms. The Kier molecular flexibility index (Phi) is 7.10. The molecule has 7 nitrogen and oxygen atoms in total. The summed E-state index contributed by atoms with van der Waals surface area (Å²) in [6.07, 6.45) is 11.0. The fourth-order valence-electron chi connectivity index (χ4n) is 4.54. The summed E-state index contributed by atoms with van der Waals surface area (Å²) >= 11 is 0. The van der Waals surface area contributed by atoms with Gasteiger partial charge < -0.3 is 19.5 Å². The van der Waals surface area contributed by atoms with Crippen molar-refractivity contribution in [1.82, 2.24) is 25.0 Å². The molecule has 2 heterocycles. The summed E-state index contributed by atoms with van der Waals surface area (Å²) in [5, 5.41) is 11.9. The van der Waals surface area contributed by atoms with Crippen LogP contribution in [-0.2, 0) is 18.3 Å². The van der Waals surface area contributed by atoms with Crippen LogP contribution in [-0.4, -0.2) is 59.0 Å². The molecule has 0 unspecified atom stereocenters. The summed E-state index contributed by atoms with van der Waals surface area (Å²) in [4.78, 5) is 7.40. The number of hydrogen-bond acceptors (Lipinski definition) is 4. The third-order valence-corrected chi connectivity index (χ3v) is 6.27. The number of aromatic nitrogens is 3. The fraction of sp³-hybridized carbons (Fsp3) is 0.850. The summed E-state index contributed by atoms with van der Waals surface area (Å²) in [5.41, 5.74) is 0.486. The Morgan fingerprint density at radius 1 is 1.15 bits per heavy atom. The third kappa shape index (κ3) is 5.21. The van der Waals surface area contributed by atoms with E-state index in [1.165, 1.54) is 51.4 Å². The van der Waals surface area contributed by atoms with Gasteiger partial charge in [-0.25, -0.2) is 4.99 Å². The average Bonchev–Trinajstić information content (AvgIpc) is 2.85. The van der Waals surface area contributed by atoms with Crippen molar-refractivity contribution in [1.29, 1.82) is 0 Å². The molecular formula is C20H36N6O. The van der Waals surface area contributed by atoms with Crippen LogP contribution in [0.4, 0.5) is 0 Å². The van der Waals surface area contributed by atoms with Crippen molar-refractivity contribution in [3.8, 4) is 0 Å². The van der Waals surface area contributed by atoms with Gasteiger partial charge in [-0.1, -0.05) is 25.7 Å². The van der Waals surface area contributed by atoms with E-state index in [0.717, 1.165) is 37.2 Å². The van der Waals surface area contributed by atoms with Crippen molar-refractivity contribution in [3.63, 3.8) is 0 Å². The molecule has 1 saturated carbocycles. The molecule has 0 aromatic carbocycles. The van der Waals surface area contributed by atoms with Gasteiger partial charge in [0.05, 0.1) is 6.61 Å². The Morgan fingerprint density at radius 3 is 2.56 bits per heavy atom. The predicted molar refractivity (Wildman–Crippen MR) is 108 cm³/mol. The maximum atomic E-state index is 5.23. The van der Waals surface area contributed by atoms with Gasteiger partial charge >= 0.3 is 0 Å². The van der Waals surface area contributed by atoms with Gasteiger partial charge in [-0.3, -0.25) is 0 Å². The fourth-order valence-corrected chi connectivity index (χ4v) is 4.54. The Labute approximate surface area is 163 Å². The van der Waals surface area contributed by atoms with E-state index < -0.39 is 0 Å². The lowest BCUT2D eigenvalue weighted by atomic mass is 9.74. The molecule has 1 aromatic rings. The number of hydrogen-bond donors (Lipinski definition) is 1. The molecular weight excluding hydrogens is 340 g/mol. The molecule has 1 aromatic heterocycles. The predicted octanol–water partition coefficient (Wildman–Crippen LogP) is 2.65. The lowest BCUT2D eigenvalue weighted by Crippen LogP contribution is -2.51. The standard InChI is InChI=1S/C20H36N6O/c1-17-23-24-18(25(17)2)15-22-19(21-12-14-27-3)26-13-8-11-20(16-26)9-6-4-5-7-10-20/h4-16H2,1-3H3,(H,21,22). The number of nitrogens with zero attached hydrogens (tertiary/aromatic N) is 5. The van der Waals surface area contributed by atoms with Crippen LogP contribution in [0.15, 0.2) is 4.99 Å². The Bertz CT molecular complexity index is 618. The van der Waals surface area contributed by atoms with E-state index in [4.69, 9.17) is 9.73 Å². The van der Waals surface area contributed by atoms with Crippen molar-refractivity contribution in [3.05, 3.63) is 11.6 Å². The number of aliphatic imine (C=N–C) groups is 1. The van der Waals surface area contributed by atoms with E-state index in [0.29, 0.717) is 18.6 Å². The molecule has 2 fully saturated rings. The normalized spacial score (nSPS) is 20.7. The van der Waals surface area contributed by atoms with Crippen LogP contribution in [0.1, 0.15) is 63.0 Å². The molecule has 0 bridgehead atoms. The molecule has 2 aliphatic rings. The van der Waals surface area contributed by atoms with Crippen LogP contribution < -0.4 is 5.32 Å². The number of piperidine rings is 1. The summed E-state index contributed by atoms with van der Waals surface area (Å²) in [5.74, 6) is 2.82. The van der Waals surface area contributed by atoms with Crippen LogP contribution in [0.2, 0.25) is 0 Å². The molecule has 0 atom stereocenters. The van der Waals surface area contributed by atoms with Crippen molar-refractivity contribution in [2.75, 3.05) is 33.4 Å². The number of ether oxygens (including phenoxy) is 1. The number of likely N-dealkylation sites (tertiary alicyclic amines) is 1. The van der Waals surface area contributed by atoms with Crippen LogP contribution in [0.3, 0.4) is 0 Å². The zero-order valence-electron chi connectivity index (χ0n) is 17.3. The van der Waals surface area contributed by atoms with Gasteiger partial charge in [0, 0.05) is 33.8 Å². The molecule has 1 aliphatic carbocycles. The van der Waals surface area contributed by atoms with Crippen molar-refractivity contribution in [2.45, 2.75) is 64.8 Å². The van der Waals surface area contributed by atoms with Crippen molar-refractivity contribution >= 4 is 5.96 Å². The van der Waals surface area contributed by atoms with E-state index in [-0.39, 0.29) is 0 Å². The van der Waals surface area contributed by atoms with E-state index in [1.54, 1.807) is 7.11 Å². The number of methoxy groups -OCH3 is 1.